The molecule has 0 spiro atoms. The van der Waals surface area contributed by atoms with Gasteiger partial charge in [-0.1, -0.05) is 18.2 Å². The average Bonchev–Trinajstić information content (AvgIpc) is 2.80. The molecule has 6 nitrogen and oxygen atoms in total. The Kier molecular flexibility index (Phi) is 8.35. The molecule has 174 valence electrons. The van der Waals surface area contributed by atoms with E-state index in [0.29, 0.717) is 51.0 Å². The van der Waals surface area contributed by atoms with Crippen molar-refractivity contribution >= 4 is 11.6 Å². The van der Waals surface area contributed by atoms with Gasteiger partial charge in [-0.15, -0.1) is 0 Å². The fraction of sp³-hybridized carbons (Fsp3) is 0.435. The second-order valence-electron chi connectivity index (χ2n) is 7.16. The maximum atomic E-state index is 13.7. The highest BCUT2D eigenvalue weighted by atomic mass is 19.4. The highest BCUT2D eigenvalue weighted by Gasteiger charge is 2.34. The summed E-state index contributed by atoms with van der Waals surface area (Å²) >= 11 is 0. The molecule has 1 saturated heterocycles. The third kappa shape index (κ3) is 6.37. The number of alkyl halides is 3. The molecule has 2 aromatic carbocycles. The molecule has 0 unspecified atom stereocenters. The minimum atomic E-state index is -4.54. The molecular formula is C23H27F3N2O4. The standard InChI is InChI=1S/C23H27F3N2O4/c1-2-30-13-14-32-21-6-4-3-5-19(21)22(29)27-16-17-7-8-18(15-20(17)23(24,25)26)28-9-11-31-12-10-28/h3-8,15H,2,9-14,16H2,1H3,(H,27,29). The number of halogens is 3. The average molecular weight is 452 g/mol. The van der Waals surface area contributed by atoms with Crippen LogP contribution in [0.5, 0.6) is 5.75 Å². The summed E-state index contributed by atoms with van der Waals surface area (Å²) in [5.41, 5.74) is -0.0214. The van der Waals surface area contributed by atoms with Crippen molar-refractivity contribution in [2.75, 3.05) is 51.0 Å². The Morgan fingerprint density at radius 1 is 1.12 bits per heavy atom. The number of anilines is 1. The van der Waals surface area contributed by atoms with Crippen LogP contribution in [0.2, 0.25) is 0 Å². The van der Waals surface area contributed by atoms with Crippen molar-refractivity contribution in [2.24, 2.45) is 0 Å². The number of nitrogens with one attached hydrogen (secondary N) is 1. The van der Waals surface area contributed by atoms with Crippen LogP contribution in [0.15, 0.2) is 42.5 Å². The Balaban J connectivity index is 1.71. The van der Waals surface area contributed by atoms with Gasteiger partial charge in [-0.05, 0) is 36.8 Å². The van der Waals surface area contributed by atoms with Gasteiger partial charge in [-0.2, -0.15) is 13.2 Å². The Morgan fingerprint density at radius 2 is 1.88 bits per heavy atom. The number of carbonyl (C=O) groups excluding carboxylic acids is 1. The molecule has 0 aromatic heterocycles. The normalized spacial score (nSPS) is 14.3. The monoisotopic (exact) mass is 452 g/mol. The summed E-state index contributed by atoms with van der Waals surface area (Å²) in [6.07, 6.45) is -4.54. The van der Waals surface area contributed by atoms with Crippen LogP contribution in [0.25, 0.3) is 0 Å². The summed E-state index contributed by atoms with van der Waals surface area (Å²) in [6, 6.07) is 10.8. The lowest BCUT2D eigenvalue weighted by Gasteiger charge is -2.29. The number of morpholine rings is 1. The fourth-order valence-corrected chi connectivity index (χ4v) is 3.41. The third-order valence-electron chi connectivity index (χ3n) is 5.04. The molecule has 1 aliphatic heterocycles. The number of hydrogen-bond acceptors (Lipinski definition) is 5. The smallest absolute Gasteiger partial charge is 0.416 e. The van der Waals surface area contributed by atoms with Crippen molar-refractivity contribution in [1.29, 1.82) is 0 Å². The highest BCUT2D eigenvalue weighted by Crippen LogP contribution is 2.35. The van der Waals surface area contributed by atoms with Crippen LogP contribution in [0.1, 0.15) is 28.4 Å². The summed E-state index contributed by atoms with van der Waals surface area (Å²) in [5, 5.41) is 2.58. The molecule has 1 heterocycles. The summed E-state index contributed by atoms with van der Waals surface area (Å²) in [7, 11) is 0. The number of para-hydroxylation sites is 1. The molecule has 0 aliphatic carbocycles. The first-order valence-corrected chi connectivity index (χ1v) is 10.5. The van der Waals surface area contributed by atoms with E-state index in [9.17, 15) is 18.0 Å². The van der Waals surface area contributed by atoms with Gasteiger partial charge in [0.1, 0.15) is 12.4 Å². The van der Waals surface area contributed by atoms with Crippen molar-refractivity contribution in [3.63, 3.8) is 0 Å². The number of rotatable bonds is 9. The molecule has 2 aromatic rings. The topological polar surface area (TPSA) is 60.0 Å². The van der Waals surface area contributed by atoms with Gasteiger partial charge >= 0.3 is 6.18 Å². The van der Waals surface area contributed by atoms with Crippen molar-refractivity contribution in [2.45, 2.75) is 19.6 Å². The van der Waals surface area contributed by atoms with E-state index in [2.05, 4.69) is 5.32 Å². The van der Waals surface area contributed by atoms with E-state index < -0.39 is 17.6 Å². The molecule has 1 fully saturated rings. The zero-order valence-corrected chi connectivity index (χ0v) is 17.9. The predicted octanol–water partition coefficient (Wildman–Crippen LogP) is 3.89. The fourth-order valence-electron chi connectivity index (χ4n) is 3.41. The van der Waals surface area contributed by atoms with Crippen molar-refractivity contribution < 1.29 is 32.2 Å². The van der Waals surface area contributed by atoms with E-state index in [1.54, 1.807) is 30.3 Å². The van der Waals surface area contributed by atoms with Gasteiger partial charge in [0.05, 0.1) is 30.9 Å². The Hall–Kier alpha value is -2.78. The summed E-state index contributed by atoms with van der Waals surface area (Å²) in [6.45, 7) is 4.82. The number of carbonyl (C=O) groups is 1. The molecule has 1 N–H and O–H groups in total. The van der Waals surface area contributed by atoms with Crippen LogP contribution in [-0.2, 0) is 22.2 Å². The molecular weight excluding hydrogens is 425 g/mol. The molecule has 1 aliphatic rings. The Labute approximate surface area is 185 Å². The molecule has 0 bridgehead atoms. The van der Waals surface area contributed by atoms with E-state index in [0.717, 1.165) is 6.07 Å². The molecule has 0 atom stereocenters. The van der Waals surface area contributed by atoms with Gasteiger partial charge < -0.3 is 24.4 Å². The van der Waals surface area contributed by atoms with Crippen LogP contribution in [0.4, 0.5) is 18.9 Å². The number of amides is 1. The molecule has 0 saturated carbocycles. The number of hydrogen-bond donors (Lipinski definition) is 1. The van der Waals surface area contributed by atoms with Crippen molar-refractivity contribution in [1.82, 2.24) is 5.32 Å². The first-order valence-electron chi connectivity index (χ1n) is 10.5. The minimum absolute atomic E-state index is 0.00222. The van der Waals surface area contributed by atoms with Crippen LogP contribution in [-0.4, -0.2) is 52.0 Å². The molecule has 3 rings (SSSR count). The minimum Gasteiger partial charge on any atom is -0.490 e. The maximum absolute atomic E-state index is 13.7. The lowest BCUT2D eigenvalue weighted by molar-refractivity contribution is -0.138. The maximum Gasteiger partial charge on any atom is 0.416 e. The molecule has 9 heteroatoms. The zero-order valence-electron chi connectivity index (χ0n) is 17.9. The largest absolute Gasteiger partial charge is 0.490 e. The van der Waals surface area contributed by atoms with Crippen molar-refractivity contribution in [3.05, 3.63) is 59.2 Å². The second kappa shape index (κ2) is 11.2. The Morgan fingerprint density at radius 3 is 2.59 bits per heavy atom. The van der Waals surface area contributed by atoms with Crippen molar-refractivity contribution in [3.8, 4) is 5.75 Å². The zero-order chi connectivity index (χ0) is 23.0. The van der Waals surface area contributed by atoms with Crippen LogP contribution < -0.4 is 15.0 Å². The van der Waals surface area contributed by atoms with E-state index in [-0.39, 0.29) is 24.3 Å². The SMILES string of the molecule is CCOCCOc1ccccc1C(=O)NCc1ccc(N2CCOCC2)cc1C(F)(F)F. The van der Waals surface area contributed by atoms with Gasteiger partial charge in [0, 0.05) is 31.9 Å². The lowest BCUT2D eigenvalue weighted by Crippen LogP contribution is -2.36. The van der Waals surface area contributed by atoms with Gasteiger partial charge in [0.2, 0.25) is 0 Å². The summed E-state index contributed by atoms with van der Waals surface area (Å²) < 4.78 is 57.2. The van der Waals surface area contributed by atoms with Gasteiger partial charge in [0.15, 0.2) is 0 Å². The lowest BCUT2D eigenvalue weighted by atomic mass is 10.0. The predicted molar refractivity (Wildman–Crippen MR) is 114 cm³/mol. The third-order valence-corrected chi connectivity index (χ3v) is 5.04. The molecule has 1 amide bonds. The Bertz CT molecular complexity index is 899. The van der Waals surface area contributed by atoms with E-state index in [1.807, 2.05) is 11.8 Å². The van der Waals surface area contributed by atoms with Gasteiger partial charge in [-0.3, -0.25) is 4.79 Å². The molecule has 32 heavy (non-hydrogen) atoms. The van der Waals surface area contributed by atoms with Crippen LogP contribution >= 0.6 is 0 Å². The summed E-state index contributed by atoms with van der Waals surface area (Å²) in [4.78, 5) is 14.5. The molecule has 0 radical (unpaired) electrons. The van der Waals surface area contributed by atoms with E-state index in [1.165, 1.54) is 6.07 Å². The number of ether oxygens (including phenoxy) is 3. The number of benzene rings is 2. The van der Waals surface area contributed by atoms with Gasteiger partial charge in [0.25, 0.3) is 5.91 Å². The first-order chi connectivity index (χ1) is 15.4. The highest BCUT2D eigenvalue weighted by molar-refractivity contribution is 5.96. The van der Waals surface area contributed by atoms with E-state index in [4.69, 9.17) is 14.2 Å². The van der Waals surface area contributed by atoms with Crippen LogP contribution in [0.3, 0.4) is 0 Å². The summed E-state index contributed by atoms with van der Waals surface area (Å²) in [5.74, 6) is -0.161. The first kappa shape index (κ1) is 23.9. The van der Waals surface area contributed by atoms with E-state index >= 15 is 0 Å². The quantitative estimate of drug-likeness (QED) is 0.585. The van der Waals surface area contributed by atoms with Crippen LogP contribution in [0, 0.1) is 0 Å². The second-order valence-corrected chi connectivity index (χ2v) is 7.16. The van der Waals surface area contributed by atoms with Gasteiger partial charge in [-0.25, -0.2) is 0 Å². The number of nitrogens with zero attached hydrogens (tertiary/aromatic N) is 1.